The lowest BCUT2D eigenvalue weighted by Crippen LogP contribution is -2.30. The number of rotatable bonds is 7. The highest BCUT2D eigenvalue weighted by Crippen LogP contribution is 2.33. The molecule has 0 fully saturated rings. The maximum atomic E-state index is 12.4. The molecule has 1 amide bonds. The summed E-state index contributed by atoms with van der Waals surface area (Å²) in [5.74, 6) is 2.23. The summed E-state index contributed by atoms with van der Waals surface area (Å²) in [5.41, 5.74) is 1.35. The molecule has 1 aromatic carbocycles. The highest BCUT2D eigenvalue weighted by Gasteiger charge is 2.19. The molecule has 0 radical (unpaired) electrons. The zero-order valence-electron chi connectivity index (χ0n) is 15.0. The van der Waals surface area contributed by atoms with Gasteiger partial charge in [-0.1, -0.05) is 6.07 Å². The van der Waals surface area contributed by atoms with Gasteiger partial charge in [-0.05, 0) is 26.0 Å². The second-order valence-electron chi connectivity index (χ2n) is 5.76. The van der Waals surface area contributed by atoms with Crippen LogP contribution in [0.4, 0.5) is 11.8 Å². The van der Waals surface area contributed by atoms with Crippen molar-refractivity contribution in [3.05, 3.63) is 35.5 Å². The Hall–Kier alpha value is -3.03. The number of carbonyl (C=O) groups excluding carboxylic acids is 1. The lowest BCUT2D eigenvalue weighted by Gasteiger charge is -2.20. The predicted octanol–water partition coefficient (Wildman–Crippen LogP) is 1.83. The fourth-order valence-corrected chi connectivity index (χ4v) is 2.61. The number of hydrogen-bond acceptors (Lipinski definition) is 7. The van der Waals surface area contributed by atoms with Crippen LogP contribution in [0.3, 0.4) is 0 Å². The highest BCUT2D eigenvalue weighted by atomic mass is 16.6. The number of amides is 1. The van der Waals surface area contributed by atoms with Crippen molar-refractivity contribution in [3.63, 3.8) is 0 Å². The number of anilines is 2. The standard InChI is InChI=1S/C18H23N5O3/c1-3-19-18-22-12(2)11-15(23-18)20-7-8-21-17(24)13-5-4-6-14-16(13)26-10-9-25-14/h4-6,11H,3,7-10H2,1-2H3,(H,21,24)(H2,19,20,22,23). The number of fused-ring (bicyclic) bond motifs is 1. The zero-order valence-corrected chi connectivity index (χ0v) is 15.0. The van der Waals surface area contributed by atoms with Gasteiger partial charge in [0.05, 0.1) is 5.56 Å². The van der Waals surface area contributed by atoms with Gasteiger partial charge in [0.25, 0.3) is 5.91 Å². The van der Waals surface area contributed by atoms with E-state index < -0.39 is 0 Å². The van der Waals surface area contributed by atoms with Crippen LogP contribution in [0, 0.1) is 6.92 Å². The van der Waals surface area contributed by atoms with E-state index in [9.17, 15) is 4.79 Å². The smallest absolute Gasteiger partial charge is 0.255 e. The number of nitrogens with one attached hydrogen (secondary N) is 3. The van der Waals surface area contributed by atoms with Crippen LogP contribution in [-0.4, -0.2) is 48.7 Å². The number of benzene rings is 1. The Labute approximate surface area is 152 Å². The van der Waals surface area contributed by atoms with Gasteiger partial charge in [0.15, 0.2) is 11.5 Å². The summed E-state index contributed by atoms with van der Waals surface area (Å²) in [4.78, 5) is 21.1. The SMILES string of the molecule is CCNc1nc(C)cc(NCCNC(=O)c2cccc3c2OCCO3)n1. The van der Waals surface area contributed by atoms with E-state index in [-0.39, 0.29) is 5.91 Å². The number of aromatic nitrogens is 2. The van der Waals surface area contributed by atoms with Gasteiger partial charge in [-0.25, -0.2) is 4.98 Å². The van der Waals surface area contributed by atoms with Gasteiger partial charge in [0.2, 0.25) is 5.95 Å². The molecule has 0 spiro atoms. The van der Waals surface area contributed by atoms with Gasteiger partial charge in [0, 0.05) is 31.4 Å². The van der Waals surface area contributed by atoms with Gasteiger partial charge in [-0.15, -0.1) is 0 Å². The summed E-state index contributed by atoms with van der Waals surface area (Å²) in [7, 11) is 0. The van der Waals surface area contributed by atoms with Crippen molar-refractivity contribution < 1.29 is 14.3 Å². The number of nitrogens with zero attached hydrogens (tertiary/aromatic N) is 2. The maximum absolute atomic E-state index is 12.4. The van der Waals surface area contributed by atoms with Crippen LogP contribution in [0.5, 0.6) is 11.5 Å². The Balaban J connectivity index is 1.53. The zero-order chi connectivity index (χ0) is 18.4. The van der Waals surface area contributed by atoms with E-state index in [1.165, 1.54) is 0 Å². The lowest BCUT2D eigenvalue weighted by molar-refractivity contribution is 0.0944. The van der Waals surface area contributed by atoms with Gasteiger partial charge in [-0.2, -0.15) is 4.98 Å². The van der Waals surface area contributed by atoms with Crippen molar-refractivity contribution in [3.8, 4) is 11.5 Å². The van der Waals surface area contributed by atoms with Gasteiger partial charge >= 0.3 is 0 Å². The summed E-state index contributed by atoms with van der Waals surface area (Å²) < 4.78 is 11.1. The van der Waals surface area contributed by atoms with Crippen LogP contribution in [0.2, 0.25) is 0 Å². The first-order valence-electron chi connectivity index (χ1n) is 8.67. The van der Waals surface area contributed by atoms with Crippen LogP contribution in [0.25, 0.3) is 0 Å². The third-order valence-corrected chi connectivity index (χ3v) is 3.72. The molecule has 3 N–H and O–H groups in total. The van der Waals surface area contributed by atoms with Crippen molar-refractivity contribution in [1.29, 1.82) is 0 Å². The topological polar surface area (TPSA) is 97.4 Å². The Morgan fingerprint density at radius 3 is 2.85 bits per heavy atom. The summed E-state index contributed by atoms with van der Waals surface area (Å²) in [5, 5.41) is 9.16. The first-order chi connectivity index (χ1) is 12.7. The fourth-order valence-electron chi connectivity index (χ4n) is 2.61. The molecule has 2 aromatic rings. The molecule has 1 aromatic heterocycles. The Morgan fingerprint density at radius 1 is 1.15 bits per heavy atom. The second-order valence-corrected chi connectivity index (χ2v) is 5.76. The van der Waals surface area contributed by atoms with Gasteiger partial charge in [-0.3, -0.25) is 4.79 Å². The van der Waals surface area contributed by atoms with Crippen LogP contribution in [0.1, 0.15) is 23.0 Å². The molecule has 2 heterocycles. The van der Waals surface area contributed by atoms with E-state index in [2.05, 4.69) is 25.9 Å². The average molecular weight is 357 g/mol. The molecule has 0 aliphatic carbocycles. The maximum Gasteiger partial charge on any atom is 0.255 e. The second kappa shape index (κ2) is 8.37. The van der Waals surface area contributed by atoms with E-state index >= 15 is 0 Å². The van der Waals surface area contributed by atoms with Crippen LogP contribution in [0.15, 0.2) is 24.3 Å². The van der Waals surface area contributed by atoms with Crippen molar-refractivity contribution in [2.45, 2.75) is 13.8 Å². The Bertz CT molecular complexity index is 781. The molecule has 138 valence electrons. The summed E-state index contributed by atoms with van der Waals surface area (Å²) >= 11 is 0. The minimum Gasteiger partial charge on any atom is -0.486 e. The molecule has 8 nitrogen and oxygen atoms in total. The summed E-state index contributed by atoms with van der Waals surface area (Å²) in [6, 6.07) is 7.17. The number of hydrogen-bond donors (Lipinski definition) is 3. The Morgan fingerprint density at radius 2 is 2.00 bits per heavy atom. The molecule has 0 bridgehead atoms. The van der Waals surface area contributed by atoms with Crippen molar-refractivity contribution in [1.82, 2.24) is 15.3 Å². The molecule has 0 saturated heterocycles. The van der Waals surface area contributed by atoms with E-state index in [4.69, 9.17) is 9.47 Å². The largest absolute Gasteiger partial charge is 0.486 e. The monoisotopic (exact) mass is 357 g/mol. The minimum absolute atomic E-state index is 0.193. The molecular formula is C18H23N5O3. The van der Waals surface area contributed by atoms with Crippen LogP contribution in [-0.2, 0) is 0 Å². The summed E-state index contributed by atoms with van der Waals surface area (Å²) in [6.07, 6.45) is 0. The van der Waals surface area contributed by atoms with E-state index in [1.807, 2.05) is 19.9 Å². The number of para-hydroxylation sites is 1. The molecule has 3 rings (SSSR count). The third-order valence-electron chi connectivity index (χ3n) is 3.72. The predicted molar refractivity (Wildman–Crippen MR) is 99.2 cm³/mol. The molecule has 1 aliphatic rings. The van der Waals surface area contributed by atoms with E-state index in [0.717, 1.165) is 18.1 Å². The molecule has 0 unspecified atom stereocenters. The van der Waals surface area contributed by atoms with Crippen molar-refractivity contribution in [2.75, 3.05) is 43.5 Å². The molecule has 0 saturated carbocycles. The first-order valence-corrected chi connectivity index (χ1v) is 8.67. The lowest BCUT2D eigenvalue weighted by atomic mass is 10.1. The third kappa shape index (κ3) is 4.33. The van der Waals surface area contributed by atoms with Crippen LogP contribution >= 0.6 is 0 Å². The van der Waals surface area contributed by atoms with Gasteiger partial charge in [0.1, 0.15) is 19.0 Å². The van der Waals surface area contributed by atoms with Crippen LogP contribution < -0.4 is 25.4 Å². The molecular weight excluding hydrogens is 334 g/mol. The molecule has 1 aliphatic heterocycles. The summed E-state index contributed by atoms with van der Waals surface area (Å²) in [6.45, 7) is 6.59. The molecule has 26 heavy (non-hydrogen) atoms. The number of aryl methyl sites for hydroxylation is 1. The quantitative estimate of drug-likeness (QED) is 0.650. The first kappa shape index (κ1) is 17.8. The average Bonchev–Trinajstić information content (AvgIpc) is 2.64. The molecule has 8 heteroatoms. The van der Waals surface area contributed by atoms with E-state index in [0.29, 0.717) is 49.3 Å². The normalized spacial score (nSPS) is 12.4. The fraction of sp³-hybridized carbons (Fsp3) is 0.389. The van der Waals surface area contributed by atoms with Crippen molar-refractivity contribution in [2.24, 2.45) is 0 Å². The van der Waals surface area contributed by atoms with Gasteiger partial charge < -0.3 is 25.4 Å². The Kier molecular flexibility index (Phi) is 5.73. The number of ether oxygens (including phenoxy) is 2. The molecule has 0 atom stereocenters. The highest BCUT2D eigenvalue weighted by molar-refractivity contribution is 5.97. The van der Waals surface area contributed by atoms with Crippen molar-refractivity contribution >= 4 is 17.7 Å². The minimum atomic E-state index is -0.193. The number of carbonyl (C=O) groups is 1. The van der Waals surface area contributed by atoms with E-state index in [1.54, 1.807) is 18.2 Å².